The summed E-state index contributed by atoms with van der Waals surface area (Å²) in [5.74, 6) is -0.0686. The molecule has 0 radical (unpaired) electrons. The highest BCUT2D eigenvalue weighted by Crippen LogP contribution is 2.19. The monoisotopic (exact) mass is 273 g/mol. The Morgan fingerprint density at radius 3 is 2.39 bits per heavy atom. The Hall–Kier alpha value is -0.940. The molecule has 0 aliphatic carbocycles. The molecule has 1 aromatic carbocycles. The van der Waals surface area contributed by atoms with E-state index in [1.165, 1.54) is 18.4 Å². The Kier molecular flexibility index (Phi) is 5.75. The van der Waals surface area contributed by atoms with Crippen LogP contribution in [0.4, 0.5) is 4.39 Å². The van der Waals surface area contributed by atoms with Gasteiger partial charge in [0.25, 0.3) is 0 Å². The van der Waals surface area contributed by atoms with E-state index in [2.05, 4.69) is 5.32 Å². The minimum absolute atomic E-state index is 0.0809. The molecule has 102 valence electrons. The molecule has 1 atom stereocenters. The molecule has 0 aliphatic heterocycles. The maximum Gasteiger partial charge on any atom is 0.147 e. The van der Waals surface area contributed by atoms with Crippen molar-refractivity contribution < 1.29 is 12.8 Å². The van der Waals surface area contributed by atoms with Crippen LogP contribution in [0.1, 0.15) is 31.4 Å². The maximum atomic E-state index is 12.8. The van der Waals surface area contributed by atoms with Gasteiger partial charge in [0.2, 0.25) is 0 Å². The Labute approximate surface area is 108 Å². The Balaban J connectivity index is 2.62. The molecule has 0 amide bonds. The first-order chi connectivity index (χ1) is 8.42. The molecule has 0 aromatic heterocycles. The highest BCUT2D eigenvalue weighted by atomic mass is 32.2. The second-order valence-corrected chi connectivity index (χ2v) is 6.69. The molecule has 0 bridgehead atoms. The summed E-state index contributed by atoms with van der Waals surface area (Å²) in [5.41, 5.74) is 0.992. The van der Waals surface area contributed by atoms with Crippen LogP contribution in [0.15, 0.2) is 24.3 Å². The van der Waals surface area contributed by atoms with Crippen molar-refractivity contribution in [1.82, 2.24) is 5.32 Å². The molecule has 0 saturated heterocycles. The number of hydrogen-bond donors (Lipinski definition) is 1. The zero-order valence-electron chi connectivity index (χ0n) is 10.8. The molecule has 0 heterocycles. The Morgan fingerprint density at radius 2 is 1.89 bits per heavy atom. The molecule has 0 saturated carbocycles. The molecule has 0 fully saturated rings. The first kappa shape index (κ1) is 15.1. The van der Waals surface area contributed by atoms with Crippen LogP contribution in [-0.2, 0) is 9.84 Å². The number of halogens is 1. The van der Waals surface area contributed by atoms with Crippen molar-refractivity contribution in [1.29, 1.82) is 0 Å². The summed E-state index contributed by atoms with van der Waals surface area (Å²) in [5, 5.41) is 3.29. The molecular formula is C13H20FNO2S. The van der Waals surface area contributed by atoms with Gasteiger partial charge in [-0.25, -0.2) is 12.8 Å². The van der Waals surface area contributed by atoms with Gasteiger partial charge >= 0.3 is 0 Å². The first-order valence-corrected chi connectivity index (χ1v) is 8.15. The smallest absolute Gasteiger partial charge is 0.147 e. The van der Waals surface area contributed by atoms with Gasteiger partial charge in [0.05, 0.1) is 0 Å². The topological polar surface area (TPSA) is 46.2 Å². The SMILES string of the molecule is CCNC(CCCS(C)(=O)=O)c1ccc(F)cc1. The molecule has 0 spiro atoms. The van der Waals surface area contributed by atoms with Crippen LogP contribution in [0.25, 0.3) is 0 Å². The lowest BCUT2D eigenvalue weighted by Gasteiger charge is -2.18. The second kappa shape index (κ2) is 6.85. The number of rotatable bonds is 7. The van der Waals surface area contributed by atoms with Gasteiger partial charge in [-0.3, -0.25) is 0 Å². The minimum atomic E-state index is -2.91. The van der Waals surface area contributed by atoms with Gasteiger partial charge in [-0.15, -0.1) is 0 Å². The van der Waals surface area contributed by atoms with Crippen molar-refractivity contribution in [2.45, 2.75) is 25.8 Å². The highest BCUT2D eigenvalue weighted by Gasteiger charge is 2.11. The third kappa shape index (κ3) is 5.60. The van der Waals surface area contributed by atoms with E-state index in [1.54, 1.807) is 12.1 Å². The largest absolute Gasteiger partial charge is 0.310 e. The van der Waals surface area contributed by atoms with Crippen molar-refractivity contribution in [2.75, 3.05) is 18.6 Å². The summed E-state index contributed by atoms with van der Waals surface area (Å²) in [6.07, 6.45) is 2.58. The van der Waals surface area contributed by atoms with Gasteiger partial charge in [0.1, 0.15) is 15.7 Å². The van der Waals surface area contributed by atoms with Crippen molar-refractivity contribution >= 4 is 9.84 Å². The lowest BCUT2D eigenvalue weighted by Crippen LogP contribution is -2.21. The molecule has 18 heavy (non-hydrogen) atoms. The molecule has 1 rings (SSSR count). The molecular weight excluding hydrogens is 253 g/mol. The zero-order chi connectivity index (χ0) is 13.6. The first-order valence-electron chi connectivity index (χ1n) is 6.09. The van der Waals surface area contributed by atoms with Gasteiger partial charge in [-0.2, -0.15) is 0 Å². The van der Waals surface area contributed by atoms with Crippen molar-refractivity contribution in [2.24, 2.45) is 0 Å². The van der Waals surface area contributed by atoms with Gasteiger partial charge < -0.3 is 5.32 Å². The van der Waals surface area contributed by atoms with Gasteiger partial charge in [-0.05, 0) is 37.1 Å². The normalized spacial score (nSPS) is 13.5. The quantitative estimate of drug-likeness (QED) is 0.829. The molecule has 1 unspecified atom stereocenters. The average Bonchev–Trinajstić information content (AvgIpc) is 2.27. The number of sulfone groups is 1. The summed E-state index contributed by atoms with van der Waals surface area (Å²) >= 11 is 0. The van der Waals surface area contributed by atoms with Crippen molar-refractivity contribution in [3.8, 4) is 0 Å². The van der Waals surface area contributed by atoms with Gasteiger partial charge in [-0.1, -0.05) is 19.1 Å². The molecule has 5 heteroatoms. The fourth-order valence-corrected chi connectivity index (χ4v) is 2.57. The molecule has 0 aliphatic rings. The fourth-order valence-electron chi connectivity index (χ4n) is 1.88. The van der Waals surface area contributed by atoms with Crippen LogP contribution in [0, 0.1) is 5.82 Å². The minimum Gasteiger partial charge on any atom is -0.310 e. The lowest BCUT2D eigenvalue weighted by atomic mass is 10.0. The van der Waals surface area contributed by atoms with Crippen molar-refractivity contribution in [3.05, 3.63) is 35.6 Å². The lowest BCUT2D eigenvalue weighted by molar-refractivity contribution is 0.506. The molecule has 1 aromatic rings. The highest BCUT2D eigenvalue weighted by molar-refractivity contribution is 7.90. The van der Waals surface area contributed by atoms with Crippen LogP contribution in [0.3, 0.4) is 0 Å². The maximum absolute atomic E-state index is 12.8. The predicted octanol–water partition coefficient (Wildman–Crippen LogP) is 2.30. The Morgan fingerprint density at radius 1 is 1.28 bits per heavy atom. The third-order valence-electron chi connectivity index (χ3n) is 2.73. The number of benzene rings is 1. The molecule has 1 N–H and O–H groups in total. The predicted molar refractivity (Wildman–Crippen MR) is 71.8 cm³/mol. The van der Waals surface area contributed by atoms with Gasteiger partial charge in [0, 0.05) is 18.1 Å². The summed E-state index contributed by atoms with van der Waals surface area (Å²) in [6, 6.07) is 6.41. The fraction of sp³-hybridized carbons (Fsp3) is 0.538. The van der Waals surface area contributed by atoms with Crippen LogP contribution >= 0.6 is 0 Å². The molecule has 3 nitrogen and oxygen atoms in total. The Bertz CT molecular complexity index is 456. The summed E-state index contributed by atoms with van der Waals surface area (Å²) in [4.78, 5) is 0. The number of hydrogen-bond acceptors (Lipinski definition) is 3. The zero-order valence-corrected chi connectivity index (χ0v) is 11.6. The van der Waals surface area contributed by atoms with E-state index in [9.17, 15) is 12.8 Å². The van der Waals surface area contributed by atoms with E-state index in [0.29, 0.717) is 6.42 Å². The number of nitrogens with one attached hydrogen (secondary N) is 1. The van der Waals surface area contributed by atoms with Crippen LogP contribution in [-0.4, -0.2) is 27.0 Å². The van der Waals surface area contributed by atoms with E-state index >= 15 is 0 Å². The summed E-state index contributed by atoms with van der Waals surface area (Å²) in [7, 11) is -2.91. The summed E-state index contributed by atoms with van der Waals surface area (Å²) in [6.45, 7) is 2.79. The van der Waals surface area contributed by atoms with Crippen LogP contribution in [0.5, 0.6) is 0 Å². The second-order valence-electron chi connectivity index (χ2n) is 4.43. The van der Waals surface area contributed by atoms with E-state index in [-0.39, 0.29) is 17.6 Å². The summed E-state index contributed by atoms with van der Waals surface area (Å²) < 4.78 is 35.0. The van der Waals surface area contributed by atoms with E-state index in [0.717, 1.165) is 18.5 Å². The van der Waals surface area contributed by atoms with Gasteiger partial charge in [0.15, 0.2) is 0 Å². The van der Waals surface area contributed by atoms with E-state index in [1.807, 2.05) is 6.92 Å². The van der Waals surface area contributed by atoms with Crippen molar-refractivity contribution in [3.63, 3.8) is 0 Å². The van der Waals surface area contributed by atoms with E-state index < -0.39 is 9.84 Å². The van der Waals surface area contributed by atoms with Crippen LogP contribution in [0.2, 0.25) is 0 Å². The third-order valence-corrected chi connectivity index (χ3v) is 3.76. The average molecular weight is 273 g/mol. The van der Waals surface area contributed by atoms with Crippen LogP contribution < -0.4 is 5.32 Å². The van der Waals surface area contributed by atoms with E-state index in [4.69, 9.17) is 0 Å². The standard InChI is InChI=1S/C13H20FNO2S/c1-3-15-13(5-4-10-18(2,16)17)11-6-8-12(14)9-7-11/h6-9,13,15H,3-5,10H2,1-2H3.